The minimum Gasteiger partial charge on any atom is -0.497 e. The second kappa shape index (κ2) is 8.01. The number of ether oxygens (including phenoxy) is 1. The number of unbranched alkanes of at least 4 members (excludes halogenated alkanes) is 1. The maximum atomic E-state index is 12.4. The summed E-state index contributed by atoms with van der Waals surface area (Å²) in [5.41, 5.74) is 0.429. The molecule has 0 aliphatic carbocycles. The molecule has 0 bridgehead atoms. The van der Waals surface area contributed by atoms with Crippen LogP contribution in [0.5, 0.6) is 5.75 Å². The average molecular weight is 349 g/mol. The van der Waals surface area contributed by atoms with E-state index in [9.17, 15) is 8.42 Å². The van der Waals surface area contributed by atoms with Crippen LogP contribution in [0.25, 0.3) is 0 Å². The van der Waals surface area contributed by atoms with Crippen molar-refractivity contribution < 1.29 is 13.2 Å². The van der Waals surface area contributed by atoms with Crippen molar-refractivity contribution in [2.45, 2.75) is 24.7 Å². The lowest BCUT2D eigenvalue weighted by Gasteiger charge is -2.18. The molecule has 0 saturated carbocycles. The summed E-state index contributed by atoms with van der Waals surface area (Å²) in [6.07, 6.45) is 3.73. The number of sulfonamides is 1. The molecule has 1 aromatic carbocycles. The first-order valence-electron chi connectivity index (χ1n) is 7.80. The summed E-state index contributed by atoms with van der Waals surface area (Å²) >= 11 is 0. The minimum atomic E-state index is -3.64. The zero-order chi connectivity index (χ0) is 17.6. The molecule has 0 aliphatic heterocycles. The van der Waals surface area contributed by atoms with E-state index in [2.05, 4.69) is 16.6 Å². The molecule has 0 fully saturated rings. The number of nitrogens with zero attached hydrogens (tertiary/aromatic N) is 2. The number of aromatic nitrogens is 1. The predicted molar refractivity (Wildman–Crippen MR) is 96.2 cm³/mol. The number of methoxy groups -OCH3 is 1. The monoisotopic (exact) mass is 349 g/mol. The van der Waals surface area contributed by atoms with Crippen molar-refractivity contribution in [3.05, 3.63) is 42.6 Å². The van der Waals surface area contributed by atoms with Gasteiger partial charge in [0, 0.05) is 13.6 Å². The van der Waals surface area contributed by atoms with Crippen molar-refractivity contribution in [1.29, 1.82) is 0 Å². The normalized spacial score (nSPS) is 11.1. The lowest BCUT2D eigenvalue weighted by atomic mass is 10.3. The van der Waals surface area contributed by atoms with Crippen LogP contribution in [0.1, 0.15) is 19.8 Å². The molecule has 0 amide bonds. The summed E-state index contributed by atoms with van der Waals surface area (Å²) in [5.74, 6) is 1.42. The van der Waals surface area contributed by atoms with Gasteiger partial charge in [-0.2, -0.15) is 0 Å². The highest BCUT2D eigenvalue weighted by atomic mass is 32.2. The molecule has 2 rings (SSSR count). The first-order valence-corrected chi connectivity index (χ1v) is 9.28. The van der Waals surface area contributed by atoms with E-state index < -0.39 is 10.0 Å². The largest absolute Gasteiger partial charge is 0.497 e. The summed E-state index contributed by atoms with van der Waals surface area (Å²) in [6.45, 7) is 3.05. The van der Waals surface area contributed by atoms with Gasteiger partial charge in [-0.1, -0.05) is 13.3 Å². The van der Waals surface area contributed by atoms with Crippen LogP contribution in [0, 0.1) is 0 Å². The fourth-order valence-corrected chi connectivity index (χ4v) is 3.19. The summed E-state index contributed by atoms with van der Waals surface area (Å²) in [5, 5.41) is 0. The number of pyridine rings is 1. The molecule has 130 valence electrons. The van der Waals surface area contributed by atoms with E-state index in [0.29, 0.717) is 11.4 Å². The first kappa shape index (κ1) is 18.1. The molecule has 0 spiro atoms. The molecule has 2 aromatic rings. The molecule has 1 N–H and O–H groups in total. The van der Waals surface area contributed by atoms with Gasteiger partial charge in [0.2, 0.25) is 0 Å². The van der Waals surface area contributed by atoms with Crippen LogP contribution in [0.15, 0.2) is 47.5 Å². The number of rotatable bonds is 8. The van der Waals surface area contributed by atoms with Crippen molar-refractivity contribution in [3.63, 3.8) is 0 Å². The number of hydrogen-bond acceptors (Lipinski definition) is 5. The zero-order valence-corrected chi connectivity index (χ0v) is 15.0. The highest BCUT2D eigenvalue weighted by Crippen LogP contribution is 2.20. The van der Waals surface area contributed by atoms with Crippen molar-refractivity contribution in [3.8, 4) is 5.75 Å². The number of nitrogens with one attached hydrogen (secondary N) is 1. The molecule has 0 aliphatic rings. The van der Waals surface area contributed by atoms with Gasteiger partial charge in [0.05, 0.1) is 23.9 Å². The topological polar surface area (TPSA) is 71.5 Å². The fraction of sp³-hybridized carbons (Fsp3) is 0.353. The lowest BCUT2D eigenvalue weighted by molar-refractivity contribution is 0.414. The Kier molecular flexibility index (Phi) is 6.03. The van der Waals surface area contributed by atoms with Crippen LogP contribution in [0.3, 0.4) is 0 Å². The average Bonchev–Trinajstić information content (AvgIpc) is 2.60. The molecule has 24 heavy (non-hydrogen) atoms. The minimum absolute atomic E-state index is 0.174. The van der Waals surface area contributed by atoms with Crippen LogP contribution >= 0.6 is 0 Å². The van der Waals surface area contributed by atoms with Gasteiger partial charge >= 0.3 is 0 Å². The molecule has 6 nitrogen and oxygen atoms in total. The molecule has 0 unspecified atom stereocenters. The Bertz CT molecular complexity index is 744. The van der Waals surface area contributed by atoms with Crippen LogP contribution in [0.2, 0.25) is 0 Å². The molecule has 1 heterocycles. The van der Waals surface area contributed by atoms with Crippen LogP contribution in [-0.4, -0.2) is 34.1 Å². The number of benzene rings is 1. The number of hydrogen-bond donors (Lipinski definition) is 1. The van der Waals surface area contributed by atoms with Gasteiger partial charge in [0.15, 0.2) is 0 Å². The van der Waals surface area contributed by atoms with E-state index >= 15 is 0 Å². The molecule has 0 atom stereocenters. The number of anilines is 2. The van der Waals surface area contributed by atoms with Crippen molar-refractivity contribution >= 4 is 21.5 Å². The van der Waals surface area contributed by atoms with E-state index in [1.165, 1.54) is 25.4 Å². The third-order valence-corrected chi connectivity index (χ3v) is 5.01. The Morgan fingerprint density at radius 3 is 2.42 bits per heavy atom. The lowest BCUT2D eigenvalue weighted by Crippen LogP contribution is -2.19. The van der Waals surface area contributed by atoms with Crippen molar-refractivity contribution in [2.24, 2.45) is 0 Å². The van der Waals surface area contributed by atoms with E-state index in [1.807, 2.05) is 18.0 Å². The van der Waals surface area contributed by atoms with Gasteiger partial charge < -0.3 is 9.64 Å². The zero-order valence-electron chi connectivity index (χ0n) is 14.2. The summed E-state index contributed by atoms with van der Waals surface area (Å²) in [7, 11) is -0.139. The maximum absolute atomic E-state index is 12.4. The standard InChI is InChI=1S/C17H23N3O3S/c1-4-5-12-20(2)17-11-6-14(13-18-17)19-24(21,22)16-9-7-15(23-3)8-10-16/h6-11,13,19H,4-5,12H2,1-3H3. The van der Waals surface area contributed by atoms with Crippen LogP contribution < -0.4 is 14.4 Å². The molecule has 7 heteroatoms. The second-order valence-electron chi connectivity index (χ2n) is 5.46. The molecule has 0 saturated heterocycles. The molecule has 0 radical (unpaired) electrons. The summed E-state index contributed by atoms with van der Waals surface area (Å²) in [4.78, 5) is 6.54. The van der Waals surface area contributed by atoms with Gasteiger partial charge in [-0.15, -0.1) is 0 Å². The van der Waals surface area contributed by atoms with Crippen LogP contribution in [-0.2, 0) is 10.0 Å². The third-order valence-electron chi connectivity index (χ3n) is 3.61. The highest BCUT2D eigenvalue weighted by Gasteiger charge is 2.14. The van der Waals surface area contributed by atoms with Gasteiger partial charge in [0.25, 0.3) is 10.0 Å². The Morgan fingerprint density at radius 2 is 1.88 bits per heavy atom. The Morgan fingerprint density at radius 1 is 1.17 bits per heavy atom. The Labute approximate surface area is 143 Å². The van der Waals surface area contributed by atoms with Crippen molar-refractivity contribution in [2.75, 3.05) is 30.3 Å². The molecular weight excluding hydrogens is 326 g/mol. The molecule has 1 aromatic heterocycles. The predicted octanol–water partition coefficient (Wildman–Crippen LogP) is 3.13. The second-order valence-corrected chi connectivity index (χ2v) is 7.14. The Balaban J connectivity index is 2.09. The van der Waals surface area contributed by atoms with Crippen molar-refractivity contribution in [1.82, 2.24) is 4.98 Å². The maximum Gasteiger partial charge on any atom is 0.261 e. The van der Waals surface area contributed by atoms with E-state index in [0.717, 1.165) is 25.2 Å². The van der Waals surface area contributed by atoms with Gasteiger partial charge in [0.1, 0.15) is 11.6 Å². The van der Waals surface area contributed by atoms with Gasteiger partial charge in [-0.3, -0.25) is 4.72 Å². The van der Waals surface area contributed by atoms with Crippen LogP contribution in [0.4, 0.5) is 11.5 Å². The molecular formula is C17H23N3O3S. The van der Waals surface area contributed by atoms with E-state index in [4.69, 9.17) is 4.74 Å². The Hall–Kier alpha value is -2.28. The SMILES string of the molecule is CCCCN(C)c1ccc(NS(=O)(=O)c2ccc(OC)cc2)cn1. The quantitative estimate of drug-likeness (QED) is 0.793. The smallest absolute Gasteiger partial charge is 0.261 e. The summed E-state index contributed by atoms with van der Waals surface area (Å²) in [6, 6.07) is 9.74. The summed E-state index contributed by atoms with van der Waals surface area (Å²) < 4.78 is 32.3. The first-order chi connectivity index (χ1) is 11.5. The van der Waals surface area contributed by atoms with E-state index in [-0.39, 0.29) is 4.90 Å². The van der Waals surface area contributed by atoms with Gasteiger partial charge in [-0.05, 0) is 42.8 Å². The fourth-order valence-electron chi connectivity index (χ4n) is 2.15. The highest BCUT2D eigenvalue weighted by molar-refractivity contribution is 7.92. The third kappa shape index (κ3) is 4.61. The van der Waals surface area contributed by atoms with Gasteiger partial charge in [-0.25, -0.2) is 13.4 Å². The van der Waals surface area contributed by atoms with E-state index in [1.54, 1.807) is 18.2 Å².